The molecule has 0 fully saturated rings. The molecule has 0 aromatic carbocycles. The van der Waals surface area contributed by atoms with Crippen molar-refractivity contribution in [3.63, 3.8) is 0 Å². The second-order valence-electron chi connectivity index (χ2n) is 3.08. The molecule has 1 N–H and O–H groups in total. The van der Waals surface area contributed by atoms with Crippen molar-refractivity contribution in [3.05, 3.63) is 28.4 Å². The molecule has 0 aliphatic carbocycles. The highest BCUT2D eigenvalue weighted by Crippen LogP contribution is 2.21. The summed E-state index contributed by atoms with van der Waals surface area (Å²) < 4.78 is 0. The number of hydrogen-bond acceptors (Lipinski definition) is 4. The number of nitrogens with zero attached hydrogens (tertiary/aromatic N) is 2. The quantitative estimate of drug-likeness (QED) is 0.590. The first kappa shape index (κ1) is 10.4. The van der Waals surface area contributed by atoms with Gasteiger partial charge in [0.05, 0.1) is 4.92 Å². The maximum atomic E-state index is 10.6. The third-order valence-corrected chi connectivity index (χ3v) is 1.98. The van der Waals surface area contributed by atoms with Gasteiger partial charge in [0, 0.05) is 18.3 Å². The predicted molar refractivity (Wildman–Crippen MR) is 54.3 cm³/mol. The van der Waals surface area contributed by atoms with E-state index in [4.69, 9.17) is 0 Å². The maximum absolute atomic E-state index is 10.6. The molecule has 0 saturated carbocycles. The molecule has 0 saturated heterocycles. The van der Waals surface area contributed by atoms with E-state index in [0.29, 0.717) is 5.82 Å². The van der Waals surface area contributed by atoms with Crippen LogP contribution in [0.4, 0.5) is 11.5 Å². The summed E-state index contributed by atoms with van der Waals surface area (Å²) in [4.78, 5) is 14.1. The third-order valence-electron chi connectivity index (χ3n) is 1.98. The topological polar surface area (TPSA) is 68.1 Å². The highest BCUT2D eigenvalue weighted by molar-refractivity contribution is 5.55. The summed E-state index contributed by atoms with van der Waals surface area (Å²) in [5, 5.41) is 13.6. The minimum atomic E-state index is -0.433. The molecule has 0 bridgehead atoms. The monoisotopic (exact) mass is 195 g/mol. The summed E-state index contributed by atoms with van der Waals surface area (Å²) in [5.74, 6) is 0.340. The van der Waals surface area contributed by atoms with Crippen LogP contribution >= 0.6 is 0 Å². The van der Waals surface area contributed by atoms with Crippen molar-refractivity contribution in [1.82, 2.24) is 4.98 Å². The fourth-order valence-electron chi connectivity index (χ4n) is 0.991. The Kier molecular flexibility index (Phi) is 3.39. The molecular formula is C9H13N3O2. The summed E-state index contributed by atoms with van der Waals surface area (Å²) >= 11 is 0. The Balaban J connectivity index is 2.90. The number of rotatable bonds is 4. The highest BCUT2D eigenvalue weighted by atomic mass is 16.6. The Labute approximate surface area is 82.3 Å². The average molecular weight is 195 g/mol. The molecule has 1 atom stereocenters. The zero-order chi connectivity index (χ0) is 10.6. The van der Waals surface area contributed by atoms with Gasteiger partial charge < -0.3 is 5.32 Å². The lowest BCUT2D eigenvalue weighted by atomic mass is 10.2. The van der Waals surface area contributed by atoms with Gasteiger partial charge in [-0.1, -0.05) is 6.92 Å². The highest BCUT2D eigenvalue weighted by Gasteiger charge is 2.14. The van der Waals surface area contributed by atoms with Crippen molar-refractivity contribution in [3.8, 4) is 0 Å². The number of anilines is 1. The van der Waals surface area contributed by atoms with Crippen LogP contribution in [0.5, 0.6) is 0 Å². The Hall–Kier alpha value is -1.65. The van der Waals surface area contributed by atoms with Crippen molar-refractivity contribution in [1.29, 1.82) is 0 Å². The number of nitro groups is 1. The van der Waals surface area contributed by atoms with E-state index in [9.17, 15) is 10.1 Å². The molecule has 0 spiro atoms. The lowest BCUT2D eigenvalue weighted by Crippen LogP contribution is -2.15. The SMILES string of the molecule is CCC(C)Nc1ncccc1[N+](=O)[O-]. The van der Waals surface area contributed by atoms with Crippen LogP contribution in [0.1, 0.15) is 20.3 Å². The third kappa shape index (κ3) is 2.42. The molecule has 5 heteroatoms. The number of nitrogens with one attached hydrogen (secondary N) is 1. The molecule has 0 amide bonds. The van der Waals surface area contributed by atoms with E-state index in [1.165, 1.54) is 12.3 Å². The largest absolute Gasteiger partial charge is 0.362 e. The summed E-state index contributed by atoms with van der Waals surface area (Å²) in [5.41, 5.74) is 0.0211. The Morgan fingerprint density at radius 1 is 1.71 bits per heavy atom. The normalized spacial score (nSPS) is 12.1. The van der Waals surface area contributed by atoms with Crippen molar-refractivity contribution in [2.75, 3.05) is 5.32 Å². The van der Waals surface area contributed by atoms with Gasteiger partial charge in [-0.25, -0.2) is 4.98 Å². The van der Waals surface area contributed by atoms with E-state index >= 15 is 0 Å². The first-order valence-corrected chi connectivity index (χ1v) is 4.51. The van der Waals surface area contributed by atoms with Gasteiger partial charge in [-0.05, 0) is 19.4 Å². The zero-order valence-electron chi connectivity index (χ0n) is 8.23. The van der Waals surface area contributed by atoms with E-state index in [1.54, 1.807) is 6.07 Å². The molecule has 0 aliphatic heterocycles. The lowest BCUT2D eigenvalue weighted by Gasteiger charge is -2.11. The molecule has 0 aliphatic rings. The van der Waals surface area contributed by atoms with Gasteiger partial charge in [-0.3, -0.25) is 10.1 Å². The molecule has 14 heavy (non-hydrogen) atoms. The van der Waals surface area contributed by atoms with Crippen LogP contribution in [-0.4, -0.2) is 15.9 Å². The molecule has 5 nitrogen and oxygen atoms in total. The Morgan fingerprint density at radius 3 is 3.00 bits per heavy atom. The van der Waals surface area contributed by atoms with E-state index in [1.807, 2.05) is 13.8 Å². The second-order valence-corrected chi connectivity index (χ2v) is 3.08. The van der Waals surface area contributed by atoms with Crippen LogP contribution < -0.4 is 5.32 Å². The molecule has 1 heterocycles. The standard InChI is InChI=1S/C9H13N3O2/c1-3-7(2)11-9-8(12(13)14)5-4-6-10-9/h4-7H,3H2,1-2H3,(H,10,11). The number of hydrogen-bond donors (Lipinski definition) is 1. The van der Waals surface area contributed by atoms with Gasteiger partial charge >= 0.3 is 5.69 Å². The van der Waals surface area contributed by atoms with Crippen LogP contribution in [0.25, 0.3) is 0 Å². The molecule has 1 unspecified atom stereocenters. The van der Waals surface area contributed by atoms with E-state index in [2.05, 4.69) is 10.3 Å². The van der Waals surface area contributed by atoms with Crippen LogP contribution in [0.15, 0.2) is 18.3 Å². The zero-order valence-corrected chi connectivity index (χ0v) is 8.23. The van der Waals surface area contributed by atoms with Crippen molar-refractivity contribution in [2.24, 2.45) is 0 Å². The summed E-state index contributed by atoms with van der Waals surface area (Å²) in [6.45, 7) is 3.96. The lowest BCUT2D eigenvalue weighted by molar-refractivity contribution is -0.384. The smallest absolute Gasteiger partial charge is 0.311 e. The molecule has 1 rings (SSSR count). The fraction of sp³-hybridized carbons (Fsp3) is 0.444. The first-order valence-electron chi connectivity index (χ1n) is 4.51. The van der Waals surface area contributed by atoms with Crippen LogP contribution in [0.2, 0.25) is 0 Å². The van der Waals surface area contributed by atoms with E-state index in [0.717, 1.165) is 6.42 Å². The van der Waals surface area contributed by atoms with Gasteiger partial charge in [0.15, 0.2) is 0 Å². The molecule has 0 radical (unpaired) electrons. The van der Waals surface area contributed by atoms with Gasteiger partial charge in [0.2, 0.25) is 5.82 Å². The Morgan fingerprint density at radius 2 is 2.43 bits per heavy atom. The van der Waals surface area contributed by atoms with Crippen molar-refractivity contribution < 1.29 is 4.92 Å². The summed E-state index contributed by atoms with van der Waals surface area (Å²) in [6, 6.07) is 3.18. The second kappa shape index (κ2) is 4.55. The molecule has 1 aromatic rings. The summed E-state index contributed by atoms with van der Waals surface area (Å²) in [7, 11) is 0. The van der Waals surface area contributed by atoms with Crippen LogP contribution in [0, 0.1) is 10.1 Å². The Bertz CT molecular complexity index is 328. The number of pyridine rings is 1. The maximum Gasteiger partial charge on any atom is 0.311 e. The van der Waals surface area contributed by atoms with Crippen molar-refractivity contribution >= 4 is 11.5 Å². The van der Waals surface area contributed by atoms with Gasteiger partial charge in [-0.15, -0.1) is 0 Å². The van der Waals surface area contributed by atoms with Crippen molar-refractivity contribution in [2.45, 2.75) is 26.3 Å². The van der Waals surface area contributed by atoms with Crippen LogP contribution in [-0.2, 0) is 0 Å². The minimum absolute atomic E-state index is 0.0211. The minimum Gasteiger partial charge on any atom is -0.362 e. The molecule has 76 valence electrons. The predicted octanol–water partition coefficient (Wildman–Crippen LogP) is 2.20. The molecular weight excluding hydrogens is 182 g/mol. The number of aromatic nitrogens is 1. The molecule has 1 aromatic heterocycles. The van der Waals surface area contributed by atoms with Gasteiger partial charge in [0.25, 0.3) is 0 Å². The fourth-order valence-corrected chi connectivity index (χ4v) is 0.991. The van der Waals surface area contributed by atoms with Gasteiger partial charge in [-0.2, -0.15) is 0 Å². The first-order chi connectivity index (χ1) is 6.65. The summed E-state index contributed by atoms with van der Waals surface area (Å²) in [6.07, 6.45) is 2.44. The van der Waals surface area contributed by atoms with Gasteiger partial charge in [0.1, 0.15) is 0 Å². The average Bonchev–Trinajstić information content (AvgIpc) is 2.18. The van der Waals surface area contributed by atoms with Crippen LogP contribution in [0.3, 0.4) is 0 Å². The van der Waals surface area contributed by atoms with E-state index in [-0.39, 0.29) is 11.7 Å². The van der Waals surface area contributed by atoms with E-state index < -0.39 is 4.92 Å².